The van der Waals surface area contributed by atoms with Crippen LogP contribution in [0.2, 0.25) is 0 Å². The minimum Gasteiger partial charge on any atom is -0.364 e. The molecule has 10 atom stereocenters. The number of hydrogen-bond acceptors (Lipinski definition) is 10. The van der Waals surface area contributed by atoms with Crippen LogP contribution in [0.25, 0.3) is 0 Å². The summed E-state index contributed by atoms with van der Waals surface area (Å²) in [6.07, 6.45) is -3.47. The second kappa shape index (κ2) is 7.56. The van der Waals surface area contributed by atoms with E-state index >= 15 is 0 Å². The highest BCUT2D eigenvalue weighted by molar-refractivity contribution is 5.11. The van der Waals surface area contributed by atoms with Gasteiger partial charge >= 0.3 is 0 Å². The van der Waals surface area contributed by atoms with Crippen LogP contribution in [0.4, 0.5) is 0 Å². The number of hydrogen-bond donors (Lipinski definition) is 0. The van der Waals surface area contributed by atoms with Crippen LogP contribution in [0, 0.1) is 0 Å². The van der Waals surface area contributed by atoms with Crippen molar-refractivity contribution in [1.29, 1.82) is 0 Å². The Balaban J connectivity index is 1.28. The third kappa shape index (κ3) is 4.04. The van der Waals surface area contributed by atoms with Crippen LogP contribution in [-0.4, -0.2) is 97.4 Å². The van der Waals surface area contributed by atoms with Crippen LogP contribution in [0.3, 0.4) is 0 Å². The molecule has 6 heterocycles. The largest absolute Gasteiger partial charge is 0.364 e. The van der Waals surface area contributed by atoms with Crippen molar-refractivity contribution in [2.75, 3.05) is 13.2 Å². The normalized spacial score (nSPS) is 52.2. The molecule has 0 aromatic rings. The molecule has 0 amide bonds. The van der Waals surface area contributed by atoms with Crippen molar-refractivity contribution < 1.29 is 47.4 Å². The van der Waals surface area contributed by atoms with Crippen LogP contribution in [-0.2, 0) is 47.4 Å². The summed E-state index contributed by atoms with van der Waals surface area (Å²) >= 11 is 0. The van der Waals surface area contributed by atoms with Gasteiger partial charge in [-0.05, 0) is 55.4 Å². The van der Waals surface area contributed by atoms with Crippen LogP contribution in [0.1, 0.15) is 55.4 Å². The van der Waals surface area contributed by atoms with Crippen molar-refractivity contribution in [3.8, 4) is 0 Å². The molecular formula is C24H38O10. The minimum absolute atomic E-state index is 0.275. The summed E-state index contributed by atoms with van der Waals surface area (Å²) in [4.78, 5) is 0. The number of ether oxygens (including phenoxy) is 10. The Bertz CT molecular complexity index is 746. The summed E-state index contributed by atoms with van der Waals surface area (Å²) < 4.78 is 62.5. The summed E-state index contributed by atoms with van der Waals surface area (Å²) in [5, 5.41) is 0. The van der Waals surface area contributed by atoms with E-state index in [2.05, 4.69) is 0 Å². The fourth-order valence-electron chi connectivity index (χ4n) is 6.21. The van der Waals surface area contributed by atoms with E-state index in [1.807, 2.05) is 55.4 Å². The zero-order valence-corrected chi connectivity index (χ0v) is 21.3. The highest BCUT2D eigenvalue weighted by Crippen LogP contribution is 2.49. The van der Waals surface area contributed by atoms with E-state index < -0.39 is 35.4 Å². The topological polar surface area (TPSA) is 92.3 Å². The fourth-order valence-corrected chi connectivity index (χ4v) is 6.21. The van der Waals surface area contributed by atoms with Gasteiger partial charge in [-0.15, -0.1) is 0 Å². The summed E-state index contributed by atoms with van der Waals surface area (Å²) in [5.41, 5.74) is 0. The molecule has 0 aromatic carbocycles. The first-order chi connectivity index (χ1) is 15.7. The van der Waals surface area contributed by atoms with Gasteiger partial charge in [0.25, 0.3) is 0 Å². The molecule has 0 aliphatic carbocycles. The van der Waals surface area contributed by atoms with E-state index in [4.69, 9.17) is 47.4 Å². The molecule has 10 heteroatoms. The highest BCUT2D eigenvalue weighted by Gasteiger charge is 2.67. The van der Waals surface area contributed by atoms with E-state index in [1.165, 1.54) is 0 Å². The van der Waals surface area contributed by atoms with Crippen molar-refractivity contribution in [2.45, 2.75) is 140 Å². The maximum absolute atomic E-state index is 6.62. The van der Waals surface area contributed by atoms with E-state index in [1.54, 1.807) is 0 Å². The molecule has 0 N–H and O–H groups in total. The lowest BCUT2D eigenvalue weighted by Gasteiger charge is -2.31. The van der Waals surface area contributed by atoms with Gasteiger partial charge in [0, 0.05) is 0 Å². The fraction of sp³-hybridized carbons (Fsp3) is 1.00. The first-order valence-electron chi connectivity index (χ1n) is 12.4. The van der Waals surface area contributed by atoms with Crippen LogP contribution in [0.5, 0.6) is 0 Å². The third-order valence-electron chi connectivity index (χ3n) is 7.37. The minimum atomic E-state index is -0.749. The van der Waals surface area contributed by atoms with Crippen molar-refractivity contribution in [2.24, 2.45) is 0 Å². The first-order valence-corrected chi connectivity index (χ1v) is 12.4. The van der Waals surface area contributed by atoms with Gasteiger partial charge < -0.3 is 47.4 Å². The van der Waals surface area contributed by atoms with Gasteiger partial charge in [-0.2, -0.15) is 0 Å². The molecule has 0 radical (unpaired) electrons. The third-order valence-corrected chi connectivity index (χ3v) is 7.37. The lowest BCUT2D eigenvalue weighted by atomic mass is 9.97. The molecular weight excluding hydrogens is 448 g/mol. The van der Waals surface area contributed by atoms with E-state index in [-0.39, 0.29) is 48.8 Å². The lowest BCUT2D eigenvalue weighted by Crippen LogP contribution is -2.45. The standard InChI is InChI=1S/C24H38O10/c1-21(2)25-9-11(29-21)13-17-19(33-23(5,6)31-17)15(27-13)16-20-18(32-24(7,8)34-20)14(28-16)12-10-26-22(3,4)30-12/h11-20H,9-10H2,1-8H3/t11-,12-,13+,14+,15+,16+,17-,18-,19+,20+/m1/s1. The summed E-state index contributed by atoms with van der Waals surface area (Å²) in [7, 11) is 0. The lowest BCUT2D eigenvalue weighted by molar-refractivity contribution is -0.241. The van der Waals surface area contributed by atoms with Gasteiger partial charge in [0.2, 0.25) is 0 Å². The highest BCUT2D eigenvalue weighted by atomic mass is 16.8. The quantitative estimate of drug-likeness (QED) is 0.589. The van der Waals surface area contributed by atoms with Crippen molar-refractivity contribution in [3.63, 3.8) is 0 Å². The molecule has 0 spiro atoms. The molecule has 0 saturated carbocycles. The van der Waals surface area contributed by atoms with Crippen LogP contribution >= 0.6 is 0 Å². The second-order valence-corrected chi connectivity index (χ2v) is 12.0. The Kier molecular flexibility index (Phi) is 5.33. The Morgan fingerprint density at radius 3 is 1.00 bits per heavy atom. The Hall–Kier alpha value is -0.400. The predicted molar refractivity (Wildman–Crippen MR) is 115 cm³/mol. The Morgan fingerprint density at radius 1 is 0.382 bits per heavy atom. The Morgan fingerprint density at radius 2 is 0.706 bits per heavy atom. The molecule has 194 valence electrons. The van der Waals surface area contributed by atoms with E-state index in [9.17, 15) is 0 Å². The second-order valence-electron chi connectivity index (χ2n) is 12.0. The average molecular weight is 487 g/mol. The molecule has 0 unspecified atom stereocenters. The Labute approximate surface area is 200 Å². The van der Waals surface area contributed by atoms with Crippen molar-refractivity contribution in [3.05, 3.63) is 0 Å². The van der Waals surface area contributed by atoms with Gasteiger partial charge in [0.15, 0.2) is 23.1 Å². The zero-order chi connectivity index (χ0) is 24.3. The smallest absolute Gasteiger partial charge is 0.164 e. The summed E-state index contributed by atoms with van der Waals surface area (Å²) in [6, 6.07) is 0. The maximum atomic E-state index is 6.62. The molecule has 6 saturated heterocycles. The molecule has 6 rings (SSSR count). The number of fused-ring (bicyclic) bond motifs is 2. The van der Waals surface area contributed by atoms with E-state index in [0.717, 1.165) is 0 Å². The van der Waals surface area contributed by atoms with Gasteiger partial charge in [-0.25, -0.2) is 0 Å². The average Bonchev–Trinajstić information content (AvgIpc) is 3.48. The van der Waals surface area contributed by atoms with E-state index in [0.29, 0.717) is 13.2 Å². The SMILES string of the molecule is CC1(C)O[C@H]2[C@H]([C@@H]3O[C@@H]([C@H]4COC(C)(C)O4)[C@H]4OC(C)(C)O[C@@H]34)O[C@@H]([C@H]3COC(C)(C)O3)[C@H]2O1. The molecule has 0 aromatic heterocycles. The molecule has 6 fully saturated rings. The molecule has 6 aliphatic heterocycles. The van der Waals surface area contributed by atoms with Crippen molar-refractivity contribution >= 4 is 0 Å². The number of rotatable bonds is 3. The summed E-state index contributed by atoms with van der Waals surface area (Å²) in [6.45, 7) is 16.1. The zero-order valence-electron chi connectivity index (χ0n) is 21.3. The van der Waals surface area contributed by atoms with Gasteiger partial charge in [-0.3, -0.25) is 0 Å². The van der Waals surface area contributed by atoms with Crippen LogP contribution in [0.15, 0.2) is 0 Å². The van der Waals surface area contributed by atoms with Crippen molar-refractivity contribution in [1.82, 2.24) is 0 Å². The first kappa shape index (κ1) is 24.0. The van der Waals surface area contributed by atoms with Gasteiger partial charge in [-0.1, -0.05) is 0 Å². The molecule has 34 heavy (non-hydrogen) atoms. The molecule has 10 nitrogen and oxygen atoms in total. The predicted octanol–water partition coefficient (Wildman–Crippen LogP) is 1.86. The van der Waals surface area contributed by atoms with Gasteiger partial charge in [0.1, 0.15) is 61.0 Å². The summed E-state index contributed by atoms with van der Waals surface area (Å²) in [5.74, 6) is -2.84. The van der Waals surface area contributed by atoms with Crippen LogP contribution < -0.4 is 0 Å². The van der Waals surface area contributed by atoms with Gasteiger partial charge in [0.05, 0.1) is 13.2 Å². The molecule has 6 aliphatic rings. The maximum Gasteiger partial charge on any atom is 0.164 e. The molecule has 0 bridgehead atoms. The monoisotopic (exact) mass is 486 g/mol.